The van der Waals surface area contributed by atoms with Gasteiger partial charge in [-0.1, -0.05) is 30.3 Å². The smallest absolute Gasteiger partial charge is 0.225 e. The van der Waals surface area contributed by atoms with Gasteiger partial charge >= 0.3 is 0 Å². The van der Waals surface area contributed by atoms with E-state index in [1.165, 1.54) is 0 Å². The second kappa shape index (κ2) is 6.47. The van der Waals surface area contributed by atoms with Crippen LogP contribution in [-0.2, 0) is 22.7 Å². The molecular weight excluding hydrogens is 280 g/mol. The summed E-state index contributed by atoms with van der Waals surface area (Å²) in [4.78, 5) is 25.9. The largest absolute Gasteiger partial charge is 0.467 e. The Labute approximate surface area is 128 Å². The summed E-state index contributed by atoms with van der Waals surface area (Å²) in [5.41, 5.74) is 1.05. The summed E-state index contributed by atoms with van der Waals surface area (Å²) in [6.45, 7) is 1.36. The Kier molecular flexibility index (Phi) is 4.23. The first kappa shape index (κ1) is 14.4. The normalized spacial score (nSPS) is 17.7. The van der Waals surface area contributed by atoms with Crippen molar-refractivity contribution in [1.29, 1.82) is 0 Å². The van der Waals surface area contributed by atoms with Gasteiger partial charge < -0.3 is 14.6 Å². The lowest BCUT2D eigenvalue weighted by Gasteiger charge is -2.15. The molecule has 2 heterocycles. The van der Waals surface area contributed by atoms with Crippen molar-refractivity contribution in [3.8, 4) is 0 Å². The third-order valence-corrected chi connectivity index (χ3v) is 3.82. The molecule has 1 atom stereocenters. The zero-order valence-electron chi connectivity index (χ0n) is 12.2. The quantitative estimate of drug-likeness (QED) is 0.917. The molecule has 1 aromatic carbocycles. The number of nitrogens with zero attached hydrogens (tertiary/aromatic N) is 1. The van der Waals surface area contributed by atoms with Gasteiger partial charge in [0.15, 0.2) is 0 Å². The monoisotopic (exact) mass is 298 g/mol. The molecule has 1 aromatic heterocycles. The van der Waals surface area contributed by atoms with Crippen molar-refractivity contribution in [2.45, 2.75) is 19.5 Å². The van der Waals surface area contributed by atoms with E-state index >= 15 is 0 Å². The number of furan rings is 1. The molecule has 1 aliphatic rings. The van der Waals surface area contributed by atoms with Crippen LogP contribution in [0.5, 0.6) is 0 Å². The van der Waals surface area contributed by atoms with E-state index in [-0.39, 0.29) is 24.2 Å². The van der Waals surface area contributed by atoms with Crippen molar-refractivity contribution in [2.75, 3.05) is 6.54 Å². The van der Waals surface area contributed by atoms with Crippen LogP contribution in [0.25, 0.3) is 0 Å². The number of amides is 2. The summed E-state index contributed by atoms with van der Waals surface area (Å²) in [6, 6.07) is 13.4. The molecule has 0 aliphatic carbocycles. The Hall–Kier alpha value is -2.56. The third-order valence-electron chi connectivity index (χ3n) is 3.82. The van der Waals surface area contributed by atoms with Gasteiger partial charge in [0.2, 0.25) is 11.8 Å². The van der Waals surface area contributed by atoms with Crippen molar-refractivity contribution < 1.29 is 14.0 Å². The van der Waals surface area contributed by atoms with E-state index in [0.29, 0.717) is 19.6 Å². The zero-order valence-corrected chi connectivity index (χ0v) is 12.2. The molecule has 0 spiro atoms. The van der Waals surface area contributed by atoms with Crippen molar-refractivity contribution in [2.24, 2.45) is 5.92 Å². The molecule has 5 heteroatoms. The average molecular weight is 298 g/mol. The summed E-state index contributed by atoms with van der Waals surface area (Å²) >= 11 is 0. The van der Waals surface area contributed by atoms with E-state index in [2.05, 4.69) is 5.32 Å². The first-order chi connectivity index (χ1) is 10.7. The molecule has 22 heavy (non-hydrogen) atoms. The summed E-state index contributed by atoms with van der Waals surface area (Å²) in [7, 11) is 0. The lowest BCUT2D eigenvalue weighted by Crippen LogP contribution is -2.32. The van der Waals surface area contributed by atoms with E-state index in [0.717, 1.165) is 11.3 Å². The predicted molar refractivity (Wildman–Crippen MR) is 80.5 cm³/mol. The molecular formula is C17H18N2O3. The van der Waals surface area contributed by atoms with E-state index in [9.17, 15) is 9.59 Å². The minimum atomic E-state index is -0.286. The van der Waals surface area contributed by atoms with Crippen molar-refractivity contribution in [3.05, 3.63) is 60.1 Å². The SMILES string of the molecule is O=C(NCc1ccccc1)[C@H]1CC(=O)N(Cc2ccco2)C1. The lowest BCUT2D eigenvalue weighted by atomic mass is 10.1. The number of nitrogens with one attached hydrogen (secondary N) is 1. The summed E-state index contributed by atoms with van der Waals surface area (Å²) in [6.07, 6.45) is 1.85. The lowest BCUT2D eigenvalue weighted by molar-refractivity contribution is -0.129. The molecule has 2 amide bonds. The van der Waals surface area contributed by atoms with Crippen LogP contribution in [0.2, 0.25) is 0 Å². The Morgan fingerprint density at radius 1 is 1.23 bits per heavy atom. The van der Waals surface area contributed by atoms with Gasteiger partial charge in [0, 0.05) is 19.5 Å². The highest BCUT2D eigenvalue weighted by molar-refractivity contribution is 5.89. The highest BCUT2D eigenvalue weighted by Gasteiger charge is 2.34. The summed E-state index contributed by atoms with van der Waals surface area (Å²) in [5.74, 6) is 0.375. The molecule has 1 saturated heterocycles. The molecule has 0 bridgehead atoms. The molecule has 1 N–H and O–H groups in total. The van der Waals surface area contributed by atoms with Gasteiger partial charge in [-0.25, -0.2) is 0 Å². The molecule has 3 rings (SSSR count). The van der Waals surface area contributed by atoms with Gasteiger partial charge in [-0.2, -0.15) is 0 Å². The van der Waals surface area contributed by atoms with Crippen molar-refractivity contribution in [3.63, 3.8) is 0 Å². The minimum absolute atomic E-state index is 0.00346. The number of hydrogen-bond donors (Lipinski definition) is 1. The fourth-order valence-electron chi connectivity index (χ4n) is 2.62. The maximum absolute atomic E-state index is 12.2. The average Bonchev–Trinajstić information content (AvgIpc) is 3.17. The fraction of sp³-hybridized carbons (Fsp3) is 0.294. The van der Waals surface area contributed by atoms with Crippen molar-refractivity contribution >= 4 is 11.8 Å². The summed E-state index contributed by atoms with van der Waals surface area (Å²) < 4.78 is 5.25. The van der Waals surface area contributed by atoms with Crippen LogP contribution in [0.1, 0.15) is 17.7 Å². The van der Waals surface area contributed by atoms with Crippen LogP contribution >= 0.6 is 0 Å². The predicted octanol–water partition coefficient (Wildman–Crippen LogP) is 1.94. The highest BCUT2D eigenvalue weighted by atomic mass is 16.3. The molecule has 1 fully saturated rings. The van der Waals surface area contributed by atoms with Gasteiger partial charge in [-0.15, -0.1) is 0 Å². The van der Waals surface area contributed by atoms with E-state index < -0.39 is 0 Å². The molecule has 2 aromatic rings. The van der Waals surface area contributed by atoms with Crippen LogP contribution in [0, 0.1) is 5.92 Å². The van der Waals surface area contributed by atoms with E-state index in [1.807, 2.05) is 36.4 Å². The van der Waals surface area contributed by atoms with Crippen LogP contribution in [0.3, 0.4) is 0 Å². The van der Waals surface area contributed by atoms with Crippen LogP contribution in [0.15, 0.2) is 53.1 Å². The number of hydrogen-bond acceptors (Lipinski definition) is 3. The van der Waals surface area contributed by atoms with Gasteiger partial charge in [0.25, 0.3) is 0 Å². The number of benzene rings is 1. The number of likely N-dealkylation sites (tertiary alicyclic amines) is 1. The minimum Gasteiger partial charge on any atom is -0.467 e. The number of carbonyl (C=O) groups excluding carboxylic acids is 2. The standard InChI is InChI=1S/C17H18N2O3/c20-16-9-14(11-19(16)12-15-7-4-8-22-15)17(21)18-10-13-5-2-1-3-6-13/h1-8,14H,9-12H2,(H,18,21)/t14-/m0/s1. The Morgan fingerprint density at radius 2 is 2.05 bits per heavy atom. The molecule has 5 nitrogen and oxygen atoms in total. The molecule has 114 valence electrons. The van der Waals surface area contributed by atoms with Crippen LogP contribution < -0.4 is 5.32 Å². The number of carbonyl (C=O) groups is 2. The fourth-order valence-corrected chi connectivity index (χ4v) is 2.62. The maximum Gasteiger partial charge on any atom is 0.225 e. The van der Waals surface area contributed by atoms with Gasteiger partial charge in [-0.05, 0) is 17.7 Å². The summed E-state index contributed by atoms with van der Waals surface area (Å²) in [5, 5.41) is 2.90. The highest BCUT2D eigenvalue weighted by Crippen LogP contribution is 2.20. The molecule has 0 radical (unpaired) electrons. The van der Waals surface area contributed by atoms with Crippen LogP contribution in [0.4, 0.5) is 0 Å². The number of rotatable bonds is 5. The third kappa shape index (κ3) is 3.36. The van der Waals surface area contributed by atoms with Gasteiger partial charge in [-0.3, -0.25) is 9.59 Å². The van der Waals surface area contributed by atoms with Gasteiger partial charge in [0.1, 0.15) is 5.76 Å². The molecule has 0 unspecified atom stereocenters. The molecule has 1 aliphatic heterocycles. The van der Waals surface area contributed by atoms with E-state index in [1.54, 1.807) is 17.2 Å². The Balaban J connectivity index is 1.52. The topological polar surface area (TPSA) is 62.6 Å². The maximum atomic E-state index is 12.2. The van der Waals surface area contributed by atoms with Gasteiger partial charge in [0.05, 0.1) is 18.7 Å². The van der Waals surface area contributed by atoms with Crippen molar-refractivity contribution in [1.82, 2.24) is 10.2 Å². The zero-order chi connectivity index (χ0) is 15.4. The molecule has 0 saturated carbocycles. The van der Waals surface area contributed by atoms with Crippen LogP contribution in [-0.4, -0.2) is 23.3 Å². The Bertz CT molecular complexity index is 637. The first-order valence-electron chi connectivity index (χ1n) is 7.34. The second-order valence-electron chi connectivity index (χ2n) is 5.46. The van der Waals surface area contributed by atoms with E-state index in [4.69, 9.17) is 4.42 Å². The second-order valence-corrected chi connectivity index (χ2v) is 5.46. The first-order valence-corrected chi connectivity index (χ1v) is 7.34. The Morgan fingerprint density at radius 3 is 2.77 bits per heavy atom.